The molecule has 0 aliphatic carbocycles. The van der Waals surface area contributed by atoms with Crippen molar-refractivity contribution in [1.82, 2.24) is 15.1 Å². The van der Waals surface area contributed by atoms with Crippen LogP contribution in [0.1, 0.15) is 12.8 Å². The van der Waals surface area contributed by atoms with Gasteiger partial charge >= 0.3 is 12.0 Å². The normalized spacial score (nSPS) is 12.3. The van der Waals surface area contributed by atoms with Crippen molar-refractivity contribution in [3.63, 3.8) is 0 Å². The molecule has 0 aromatic heterocycles. The van der Waals surface area contributed by atoms with Crippen molar-refractivity contribution >= 4 is 23.8 Å². The van der Waals surface area contributed by atoms with Gasteiger partial charge in [-0.2, -0.15) is 11.8 Å². The van der Waals surface area contributed by atoms with Crippen LogP contribution in [0, 0.1) is 0 Å². The lowest BCUT2D eigenvalue weighted by Crippen LogP contribution is -2.47. The molecule has 0 bridgehead atoms. The number of carbonyl (C=O) groups is 2. The van der Waals surface area contributed by atoms with Gasteiger partial charge in [-0.3, -0.25) is 0 Å². The van der Waals surface area contributed by atoms with Gasteiger partial charge in [0, 0.05) is 13.6 Å². The number of urea groups is 1. The van der Waals surface area contributed by atoms with Crippen LogP contribution < -0.4 is 5.32 Å². The van der Waals surface area contributed by atoms with Crippen LogP contribution in [-0.4, -0.2) is 79.2 Å². The van der Waals surface area contributed by atoms with Crippen molar-refractivity contribution < 1.29 is 14.7 Å². The van der Waals surface area contributed by atoms with E-state index in [1.807, 2.05) is 25.3 Å². The molecule has 0 saturated heterocycles. The van der Waals surface area contributed by atoms with E-state index in [2.05, 4.69) is 5.32 Å². The molecule has 2 N–H and O–H groups in total. The molecular formula is C12H25N3O3S. The van der Waals surface area contributed by atoms with Crippen molar-refractivity contribution in [2.24, 2.45) is 0 Å². The molecule has 0 radical (unpaired) electrons. The lowest BCUT2D eigenvalue weighted by Gasteiger charge is -2.22. The fourth-order valence-electron chi connectivity index (χ4n) is 1.48. The molecule has 0 saturated carbocycles. The molecule has 6 nitrogen and oxygen atoms in total. The van der Waals surface area contributed by atoms with E-state index in [1.54, 1.807) is 18.8 Å². The number of carbonyl (C=O) groups excluding carboxylic acids is 1. The first kappa shape index (κ1) is 18.0. The number of rotatable bonds is 9. The van der Waals surface area contributed by atoms with Crippen LogP contribution in [0.25, 0.3) is 0 Å². The summed E-state index contributed by atoms with van der Waals surface area (Å²) in [5, 5.41) is 11.6. The van der Waals surface area contributed by atoms with Crippen LogP contribution >= 0.6 is 11.8 Å². The molecule has 0 fully saturated rings. The van der Waals surface area contributed by atoms with E-state index in [1.165, 1.54) is 4.90 Å². The standard InChI is InChI=1S/C12H25N3O3S/c1-14(2)7-5-8-15(3)12(18)13-10(11(16)17)6-9-19-4/h10H,5-9H2,1-4H3,(H,13,18)(H,16,17). The van der Waals surface area contributed by atoms with Gasteiger partial charge in [-0.05, 0) is 45.5 Å². The molecule has 0 aromatic carbocycles. The van der Waals surface area contributed by atoms with Crippen molar-refractivity contribution in [2.75, 3.05) is 46.2 Å². The second-order valence-corrected chi connectivity index (χ2v) is 5.69. The lowest BCUT2D eigenvalue weighted by molar-refractivity contribution is -0.139. The predicted octanol–water partition coefficient (Wildman–Crippen LogP) is 0.786. The minimum Gasteiger partial charge on any atom is -0.480 e. The summed E-state index contributed by atoms with van der Waals surface area (Å²) in [6, 6.07) is -1.14. The van der Waals surface area contributed by atoms with Crippen LogP contribution in [0.3, 0.4) is 0 Å². The van der Waals surface area contributed by atoms with Gasteiger partial charge in [-0.1, -0.05) is 0 Å². The summed E-state index contributed by atoms with van der Waals surface area (Å²) in [7, 11) is 5.63. The predicted molar refractivity (Wildman–Crippen MR) is 78.8 cm³/mol. The van der Waals surface area contributed by atoms with Crippen LogP contribution in [0.4, 0.5) is 4.79 Å². The highest BCUT2D eigenvalue weighted by atomic mass is 32.2. The summed E-state index contributed by atoms with van der Waals surface area (Å²) >= 11 is 1.57. The number of nitrogens with zero attached hydrogens (tertiary/aromatic N) is 2. The number of nitrogens with one attached hydrogen (secondary N) is 1. The molecule has 2 amide bonds. The Kier molecular flexibility index (Phi) is 9.42. The average Bonchev–Trinajstić information content (AvgIpc) is 2.33. The number of aliphatic carboxylic acids is 1. The maximum atomic E-state index is 11.8. The fraction of sp³-hybridized carbons (Fsp3) is 0.833. The van der Waals surface area contributed by atoms with Crippen LogP contribution in [0.15, 0.2) is 0 Å². The number of carboxylic acids is 1. The first-order valence-electron chi connectivity index (χ1n) is 6.26. The van der Waals surface area contributed by atoms with Crippen LogP contribution in [-0.2, 0) is 4.79 Å². The number of amides is 2. The zero-order valence-corrected chi connectivity index (χ0v) is 13.0. The number of thioether (sulfide) groups is 1. The minimum absolute atomic E-state index is 0.327. The summed E-state index contributed by atoms with van der Waals surface area (Å²) < 4.78 is 0. The molecule has 0 aliphatic heterocycles. The van der Waals surface area contributed by atoms with Gasteiger partial charge in [-0.15, -0.1) is 0 Å². The Labute approximate surface area is 119 Å². The molecule has 0 aromatic rings. The Hall–Kier alpha value is -0.950. The highest BCUT2D eigenvalue weighted by Crippen LogP contribution is 2.02. The van der Waals surface area contributed by atoms with E-state index in [-0.39, 0.29) is 6.03 Å². The summed E-state index contributed by atoms with van der Waals surface area (Å²) in [4.78, 5) is 26.4. The molecule has 0 heterocycles. The van der Waals surface area contributed by atoms with E-state index in [9.17, 15) is 9.59 Å². The van der Waals surface area contributed by atoms with E-state index in [4.69, 9.17) is 5.11 Å². The Morgan fingerprint density at radius 3 is 2.37 bits per heavy atom. The van der Waals surface area contributed by atoms with Crippen molar-refractivity contribution in [2.45, 2.75) is 18.9 Å². The largest absolute Gasteiger partial charge is 0.480 e. The molecule has 1 unspecified atom stereocenters. The van der Waals surface area contributed by atoms with Gasteiger partial charge in [0.1, 0.15) is 6.04 Å². The second-order valence-electron chi connectivity index (χ2n) is 4.70. The highest BCUT2D eigenvalue weighted by Gasteiger charge is 2.20. The van der Waals surface area contributed by atoms with Gasteiger partial charge in [0.15, 0.2) is 0 Å². The van der Waals surface area contributed by atoms with Crippen LogP contribution in [0.5, 0.6) is 0 Å². The van der Waals surface area contributed by atoms with E-state index >= 15 is 0 Å². The van der Waals surface area contributed by atoms with Crippen molar-refractivity contribution in [1.29, 1.82) is 0 Å². The molecule has 19 heavy (non-hydrogen) atoms. The minimum atomic E-state index is -0.982. The maximum absolute atomic E-state index is 11.8. The second kappa shape index (κ2) is 9.91. The number of carboxylic acid groups (broad SMARTS) is 1. The molecule has 0 spiro atoms. The average molecular weight is 291 g/mol. The van der Waals surface area contributed by atoms with Gasteiger partial charge in [-0.25, -0.2) is 9.59 Å². The van der Waals surface area contributed by atoms with Crippen molar-refractivity contribution in [3.8, 4) is 0 Å². The van der Waals surface area contributed by atoms with Crippen LogP contribution in [0.2, 0.25) is 0 Å². The Balaban J connectivity index is 4.12. The number of hydrogen-bond acceptors (Lipinski definition) is 4. The van der Waals surface area contributed by atoms with E-state index in [0.717, 1.165) is 13.0 Å². The third-order valence-corrected chi connectivity index (χ3v) is 3.30. The zero-order valence-electron chi connectivity index (χ0n) is 12.2. The summed E-state index contributed by atoms with van der Waals surface area (Å²) in [5.74, 6) is -0.272. The summed E-state index contributed by atoms with van der Waals surface area (Å²) in [6.07, 6.45) is 3.21. The zero-order chi connectivity index (χ0) is 14.8. The first-order chi connectivity index (χ1) is 8.88. The third kappa shape index (κ3) is 8.72. The van der Waals surface area contributed by atoms with Gasteiger partial charge in [0.05, 0.1) is 0 Å². The maximum Gasteiger partial charge on any atom is 0.326 e. The van der Waals surface area contributed by atoms with Crippen molar-refractivity contribution in [3.05, 3.63) is 0 Å². The topological polar surface area (TPSA) is 72.9 Å². The molecular weight excluding hydrogens is 266 g/mol. The van der Waals surface area contributed by atoms with Gasteiger partial charge < -0.3 is 20.2 Å². The van der Waals surface area contributed by atoms with E-state index in [0.29, 0.717) is 18.7 Å². The molecule has 112 valence electrons. The Morgan fingerprint density at radius 1 is 1.26 bits per heavy atom. The molecule has 1 atom stereocenters. The Morgan fingerprint density at radius 2 is 1.89 bits per heavy atom. The smallest absolute Gasteiger partial charge is 0.326 e. The van der Waals surface area contributed by atoms with Gasteiger partial charge in [0.25, 0.3) is 0 Å². The van der Waals surface area contributed by atoms with E-state index < -0.39 is 12.0 Å². The fourth-order valence-corrected chi connectivity index (χ4v) is 1.95. The van der Waals surface area contributed by atoms with Gasteiger partial charge in [0.2, 0.25) is 0 Å². The molecule has 0 aliphatic rings. The quantitative estimate of drug-likeness (QED) is 0.657. The lowest BCUT2D eigenvalue weighted by atomic mass is 10.2. The molecule has 7 heteroatoms. The SMILES string of the molecule is CSCCC(NC(=O)N(C)CCCN(C)C)C(=O)O. The third-order valence-electron chi connectivity index (χ3n) is 2.65. The first-order valence-corrected chi connectivity index (χ1v) is 7.66. The molecule has 0 rings (SSSR count). The summed E-state index contributed by atoms with van der Waals surface area (Å²) in [5.41, 5.74) is 0. The Bertz CT molecular complexity index is 287. The monoisotopic (exact) mass is 291 g/mol. The highest BCUT2D eigenvalue weighted by molar-refractivity contribution is 7.98. The number of hydrogen-bond donors (Lipinski definition) is 2. The summed E-state index contributed by atoms with van der Waals surface area (Å²) in [6.45, 7) is 1.51.